The maximum atomic E-state index is 11.7. The largest absolute Gasteiger partial charge is 1.00 e. The molecule has 0 spiro atoms. The quantitative estimate of drug-likeness (QED) is 0.0601. The minimum atomic E-state index is -4.18. The molecule has 2 unspecified atom stereocenters. The van der Waals surface area contributed by atoms with Gasteiger partial charge in [-0.1, -0.05) is 107 Å². The molecule has 8 aliphatic rings. The molecule has 0 aromatic rings. The van der Waals surface area contributed by atoms with E-state index in [1.807, 2.05) is 0 Å². The van der Waals surface area contributed by atoms with E-state index in [9.17, 15) is 51.9 Å². The van der Waals surface area contributed by atoms with E-state index < -0.39 is 61.5 Å². The molecular formula is C65H114Na4O12P2S4. The van der Waals surface area contributed by atoms with Crippen molar-refractivity contribution < 1.29 is 170 Å². The molecule has 0 radical (unpaired) electrons. The molecule has 0 aromatic carbocycles. The van der Waals surface area contributed by atoms with Gasteiger partial charge in [-0.2, -0.15) is 0 Å². The molecule has 22 heteroatoms. The third-order valence-corrected chi connectivity index (χ3v) is 37.4. The first-order valence-corrected chi connectivity index (χ1v) is 43.8. The Hall–Kier alpha value is 4.50. The first-order chi connectivity index (χ1) is 39.5. The van der Waals surface area contributed by atoms with E-state index in [-0.39, 0.29) is 134 Å². The molecule has 8 rings (SSSR count). The Labute approximate surface area is 623 Å². The van der Waals surface area contributed by atoms with Crippen molar-refractivity contribution in [3.05, 3.63) is 0 Å². The minimum absolute atomic E-state index is 0. The summed E-state index contributed by atoms with van der Waals surface area (Å²) in [5, 5.41) is -2.71. The van der Waals surface area contributed by atoms with Gasteiger partial charge < -0.3 is 18.2 Å². The van der Waals surface area contributed by atoms with Gasteiger partial charge in [-0.05, 0) is 293 Å². The van der Waals surface area contributed by atoms with Gasteiger partial charge in [0, 0.05) is 21.0 Å². The molecule has 0 saturated heterocycles. The Bertz CT molecular complexity index is 2050. The minimum Gasteiger partial charge on any atom is -0.748 e. The first kappa shape index (κ1) is 83.9. The standard InChI is InChI=1S/C65H118O12P2S4.4Na/c1-48(78(58-31-15-50(16-32-58)7-3-11-54-23-39-62(40-24-54)80(66,67)68)59-33-17-51(18-34-59)8-4-12-55-25-41-63(42-26-55)81(69,70)71)47-49(2)79(60-35-19-52(20-36-60)9-5-13-56-27-43-64(44-28-56)82(72,73)74)61-37-21-53(22-38-61)10-6-14-57-29-45-65(46-30-57)83(75,76)77;;;;/h48-65H,3-47H2,1-2H3,(H,66,67,68)(H,69,70,71)(H,72,73,74)(H,75,76,77);;;;/q;4*+1/p-4. The van der Waals surface area contributed by atoms with E-state index >= 15 is 0 Å². The van der Waals surface area contributed by atoms with Gasteiger partial charge in [0.25, 0.3) is 0 Å². The molecule has 0 aromatic heterocycles. The molecule has 8 aliphatic carbocycles. The summed E-state index contributed by atoms with van der Waals surface area (Å²) in [7, 11) is -17.0. The predicted molar refractivity (Wildman–Crippen MR) is 338 cm³/mol. The average Bonchev–Trinajstić information content (AvgIpc) is 3.65. The molecule has 484 valence electrons. The van der Waals surface area contributed by atoms with Gasteiger partial charge in [-0.15, -0.1) is 0 Å². The predicted octanol–water partition coefficient (Wildman–Crippen LogP) is 4.47. The summed E-state index contributed by atoms with van der Waals surface area (Å²) in [6.45, 7) is 5.44. The smallest absolute Gasteiger partial charge is 0.748 e. The number of rotatable bonds is 28. The summed E-state index contributed by atoms with van der Waals surface area (Å²) in [5.74, 6) is 5.41. The monoisotopic (exact) mass is 1370 g/mol. The van der Waals surface area contributed by atoms with Crippen LogP contribution in [0.15, 0.2) is 0 Å². The normalized spacial score (nSPS) is 35.6. The van der Waals surface area contributed by atoms with Crippen LogP contribution in [0.5, 0.6) is 0 Å². The van der Waals surface area contributed by atoms with Crippen LogP contribution in [0.3, 0.4) is 0 Å². The second-order valence-corrected chi connectivity index (χ2v) is 42.9. The van der Waals surface area contributed by atoms with Crippen molar-refractivity contribution in [2.75, 3.05) is 0 Å². The van der Waals surface area contributed by atoms with Gasteiger partial charge in [-0.3, -0.25) is 0 Å². The van der Waals surface area contributed by atoms with Crippen molar-refractivity contribution in [1.29, 1.82) is 0 Å². The Balaban J connectivity index is 0.00000405. The molecule has 0 N–H and O–H groups in total. The summed E-state index contributed by atoms with van der Waals surface area (Å²) in [6.07, 6.45) is 49.3. The van der Waals surface area contributed by atoms with Crippen LogP contribution >= 0.6 is 15.8 Å². The molecule has 87 heavy (non-hydrogen) atoms. The van der Waals surface area contributed by atoms with Crippen LogP contribution in [0.25, 0.3) is 0 Å². The van der Waals surface area contributed by atoms with Crippen LogP contribution in [0.2, 0.25) is 0 Å². The van der Waals surface area contributed by atoms with Crippen LogP contribution in [0.1, 0.15) is 303 Å². The van der Waals surface area contributed by atoms with Crippen LogP contribution in [-0.2, 0) is 40.5 Å². The van der Waals surface area contributed by atoms with E-state index in [4.69, 9.17) is 0 Å². The molecule has 2 atom stereocenters. The fourth-order valence-corrected chi connectivity index (χ4v) is 31.7. The molecule has 12 nitrogen and oxygen atoms in total. The van der Waals surface area contributed by atoms with Crippen LogP contribution in [0, 0.1) is 47.3 Å². The SMILES string of the molecule is CC(CC(C)P(C1CCC(CCCC2CCC(S(=O)(=O)[O-])CC2)CC1)C1CCC(CCCC2CCC(S(=O)(=O)[O-])CC2)CC1)P(C1CCC(CCCC2CCC(S(=O)(=O)[O-])CC2)CC1)C1CCC(CCCC2CCC(S(=O)(=O)[O-])CC2)CC1.[Na+].[Na+].[Na+].[Na+]. The fraction of sp³-hybridized carbons (Fsp3) is 1.00. The van der Waals surface area contributed by atoms with Gasteiger partial charge in [0.15, 0.2) is 0 Å². The molecule has 0 heterocycles. The molecule has 0 amide bonds. The summed E-state index contributed by atoms with van der Waals surface area (Å²) in [6, 6.07) is 0. The van der Waals surface area contributed by atoms with E-state index in [0.29, 0.717) is 75.0 Å². The Morgan fingerprint density at radius 1 is 0.264 bits per heavy atom. The van der Waals surface area contributed by atoms with Crippen molar-refractivity contribution in [1.82, 2.24) is 0 Å². The number of hydrogen-bond acceptors (Lipinski definition) is 12. The zero-order chi connectivity index (χ0) is 59.4. The second-order valence-electron chi connectivity index (χ2n) is 29.8. The summed E-state index contributed by atoms with van der Waals surface area (Å²) >= 11 is 0. The Morgan fingerprint density at radius 2 is 0.402 bits per heavy atom. The average molecular weight is 1370 g/mol. The second kappa shape index (κ2) is 40.7. The Morgan fingerprint density at radius 3 is 0.540 bits per heavy atom. The van der Waals surface area contributed by atoms with Crippen molar-refractivity contribution in [2.24, 2.45) is 47.3 Å². The van der Waals surface area contributed by atoms with Crippen molar-refractivity contribution in [3.63, 3.8) is 0 Å². The van der Waals surface area contributed by atoms with E-state index in [1.165, 1.54) is 186 Å². The van der Waals surface area contributed by atoms with Crippen LogP contribution in [-0.4, -0.2) is 107 Å². The zero-order valence-electron chi connectivity index (χ0n) is 55.6. The van der Waals surface area contributed by atoms with Gasteiger partial charge in [0.1, 0.15) is 0 Å². The third-order valence-electron chi connectivity index (χ3n) is 24.4. The van der Waals surface area contributed by atoms with Gasteiger partial charge in [0.2, 0.25) is 0 Å². The van der Waals surface area contributed by atoms with Crippen LogP contribution in [0.4, 0.5) is 0 Å². The van der Waals surface area contributed by atoms with Crippen molar-refractivity contribution in [2.45, 2.75) is 358 Å². The van der Waals surface area contributed by atoms with Gasteiger partial charge in [-0.25, -0.2) is 33.7 Å². The van der Waals surface area contributed by atoms with Crippen molar-refractivity contribution in [3.8, 4) is 0 Å². The maximum Gasteiger partial charge on any atom is 1.00 e. The van der Waals surface area contributed by atoms with Gasteiger partial charge >= 0.3 is 118 Å². The first-order valence-electron chi connectivity index (χ1n) is 34.8. The summed E-state index contributed by atoms with van der Waals surface area (Å²) < 4.78 is 140. The fourth-order valence-electron chi connectivity index (χ4n) is 19.3. The molecule has 0 aliphatic heterocycles. The van der Waals surface area contributed by atoms with Crippen LogP contribution < -0.4 is 118 Å². The van der Waals surface area contributed by atoms with Gasteiger partial charge in [0.05, 0.1) is 40.5 Å². The van der Waals surface area contributed by atoms with E-state index in [0.717, 1.165) is 109 Å². The molecule has 0 bridgehead atoms. The Kier molecular flexibility index (Phi) is 39.2. The maximum absolute atomic E-state index is 11.7. The van der Waals surface area contributed by atoms with E-state index in [2.05, 4.69) is 13.8 Å². The summed E-state index contributed by atoms with van der Waals surface area (Å²) in [5.41, 5.74) is 4.92. The molecular weight excluding hydrogens is 1250 g/mol. The zero-order valence-corrected chi connectivity index (χ0v) is 68.7. The molecule has 8 saturated carbocycles. The van der Waals surface area contributed by atoms with E-state index in [1.54, 1.807) is 0 Å². The molecule has 8 fully saturated rings. The number of hydrogen-bond donors (Lipinski definition) is 0. The third kappa shape index (κ3) is 27.5. The summed E-state index contributed by atoms with van der Waals surface area (Å²) in [4.78, 5) is 0. The topological polar surface area (TPSA) is 229 Å². The van der Waals surface area contributed by atoms with Crippen molar-refractivity contribution >= 4 is 56.3 Å².